The highest BCUT2D eigenvalue weighted by Gasteiger charge is 2.14. The molecular formula is C19H25N3O2. The van der Waals surface area contributed by atoms with E-state index in [1.54, 1.807) is 24.5 Å². The number of hydrogen-bond acceptors (Lipinski definition) is 4. The Labute approximate surface area is 143 Å². The summed E-state index contributed by atoms with van der Waals surface area (Å²) < 4.78 is 5.73. The van der Waals surface area contributed by atoms with E-state index in [4.69, 9.17) is 10.5 Å². The molecule has 0 aliphatic carbocycles. The average molecular weight is 327 g/mol. The van der Waals surface area contributed by atoms with E-state index in [0.717, 1.165) is 12.0 Å². The highest BCUT2D eigenvalue weighted by molar-refractivity contribution is 5.94. The van der Waals surface area contributed by atoms with Gasteiger partial charge < -0.3 is 15.8 Å². The summed E-state index contributed by atoms with van der Waals surface area (Å²) in [5.74, 6) is 1.01. The molecule has 1 amide bonds. The zero-order valence-corrected chi connectivity index (χ0v) is 14.2. The number of pyridine rings is 1. The fourth-order valence-electron chi connectivity index (χ4n) is 2.43. The molecule has 0 saturated heterocycles. The third-order valence-electron chi connectivity index (χ3n) is 3.60. The van der Waals surface area contributed by atoms with Crippen molar-refractivity contribution < 1.29 is 9.53 Å². The molecule has 0 aliphatic rings. The standard InChI is InChI=1S/C19H25N3O2/c1-14(2)9-17(11-20)22-19(23)16-6-3-7-18(10-16)24-13-15-5-4-8-21-12-15/h3-8,10,12,14,17H,9,11,13,20H2,1-2H3,(H,22,23). The van der Waals surface area contributed by atoms with Gasteiger partial charge in [0.1, 0.15) is 12.4 Å². The van der Waals surface area contributed by atoms with Gasteiger partial charge in [0, 0.05) is 36.1 Å². The van der Waals surface area contributed by atoms with Gasteiger partial charge in [-0.1, -0.05) is 26.0 Å². The zero-order chi connectivity index (χ0) is 17.4. The lowest BCUT2D eigenvalue weighted by Gasteiger charge is -2.19. The summed E-state index contributed by atoms with van der Waals surface area (Å²) in [6, 6.07) is 11.0. The van der Waals surface area contributed by atoms with Gasteiger partial charge in [0.25, 0.3) is 5.91 Å². The van der Waals surface area contributed by atoms with Crippen molar-refractivity contribution in [2.45, 2.75) is 32.9 Å². The smallest absolute Gasteiger partial charge is 0.251 e. The Morgan fingerprint density at radius 1 is 1.29 bits per heavy atom. The Balaban J connectivity index is 1.97. The number of hydrogen-bond donors (Lipinski definition) is 2. The summed E-state index contributed by atoms with van der Waals surface area (Å²) in [7, 11) is 0. The van der Waals surface area contributed by atoms with Gasteiger partial charge in [-0.05, 0) is 36.6 Å². The molecule has 1 aromatic carbocycles. The Morgan fingerprint density at radius 2 is 2.12 bits per heavy atom. The van der Waals surface area contributed by atoms with Crippen molar-refractivity contribution in [1.82, 2.24) is 10.3 Å². The number of nitrogens with two attached hydrogens (primary N) is 1. The zero-order valence-electron chi connectivity index (χ0n) is 14.2. The van der Waals surface area contributed by atoms with Crippen molar-refractivity contribution in [1.29, 1.82) is 0 Å². The number of nitrogens with one attached hydrogen (secondary N) is 1. The first kappa shape index (κ1) is 17.9. The van der Waals surface area contributed by atoms with Crippen LogP contribution in [0.4, 0.5) is 0 Å². The first-order valence-corrected chi connectivity index (χ1v) is 8.21. The van der Waals surface area contributed by atoms with Gasteiger partial charge in [-0.2, -0.15) is 0 Å². The van der Waals surface area contributed by atoms with Crippen LogP contribution in [0.1, 0.15) is 36.2 Å². The summed E-state index contributed by atoms with van der Waals surface area (Å²) in [5.41, 5.74) is 7.29. The maximum Gasteiger partial charge on any atom is 0.251 e. The molecule has 0 radical (unpaired) electrons. The SMILES string of the molecule is CC(C)CC(CN)NC(=O)c1cccc(OCc2cccnc2)c1. The average Bonchev–Trinajstić information content (AvgIpc) is 2.60. The minimum Gasteiger partial charge on any atom is -0.489 e. The molecular weight excluding hydrogens is 302 g/mol. The summed E-state index contributed by atoms with van der Waals surface area (Å²) >= 11 is 0. The van der Waals surface area contributed by atoms with E-state index in [-0.39, 0.29) is 11.9 Å². The monoisotopic (exact) mass is 327 g/mol. The van der Waals surface area contributed by atoms with E-state index in [1.165, 1.54) is 0 Å². The van der Waals surface area contributed by atoms with Crippen LogP contribution in [0, 0.1) is 5.92 Å². The van der Waals surface area contributed by atoms with Crippen molar-refractivity contribution in [3.05, 3.63) is 59.9 Å². The molecule has 1 aromatic heterocycles. The molecule has 2 rings (SSSR count). The van der Waals surface area contributed by atoms with Gasteiger partial charge in [-0.3, -0.25) is 9.78 Å². The molecule has 0 saturated carbocycles. The molecule has 1 heterocycles. The number of ether oxygens (including phenoxy) is 1. The van der Waals surface area contributed by atoms with Crippen molar-refractivity contribution >= 4 is 5.91 Å². The first-order chi connectivity index (χ1) is 11.6. The van der Waals surface area contributed by atoms with E-state index >= 15 is 0 Å². The van der Waals surface area contributed by atoms with Crippen LogP contribution in [0.25, 0.3) is 0 Å². The third kappa shape index (κ3) is 5.66. The second-order valence-electron chi connectivity index (χ2n) is 6.21. The molecule has 5 nitrogen and oxygen atoms in total. The Bertz CT molecular complexity index is 644. The molecule has 1 unspecified atom stereocenters. The van der Waals surface area contributed by atoms with Crippen LogP contribution in [0.3, 0.4) is 0 Å². The molecule has 5 heteroatoms. The highest BCUT2D eigenvalue weighted by atomic mass is 16.5. The number of carbonyl (C=O) groups is 1. The largest absolute Gasteiger partial charge is 0.489 e. The fourth-order valence-corrected chi connectivity index (χ4v) is 2.43. The van der Waals surface area contributed by atoms with Crippen molar-refractivity contribution in [2.24, 2.45) is 11.7 Å². The predicted molar refractivity (Wildman–Crippen MR) is 94.8 cm³/mol. The number of benzene rings is 1. The first-order valence-electron chi connectivity index (χ1n) is 8.21. The van der Waals surface area contributed by atoms with E-state index < -0.39 is 0 Å². The van der Waals surface area contributed by atoms with Crippen molar-refractivity contribution in [2.75, 3.05) is 6.54 Å². The van der Waals surface area contributed by atoms with Crippen LogP contribution in [0.2, 0.25) is 0 Å². The van der Waals surface area contributed by atoms with Gasteiger partial charge >= 0.3 is 0 Å². The lowest BCUT2D eigenvalue weighted by molar-refractivity contribution is 0.0933. The van der Waals surface area contributed by atoms with E-state index in [0.29, 0.717) is 30.4 Å². The molecule has 0 spiro atoms. The van der Waals surface area contributed by atoms with Crippen molar-refractivity contribution in [3.8, 4) is 5.75 Å². The third-order valence-corrected chi connectivity index (χ3v) is 3.60. The lowest BCUT2D eigenvalue weighted by Crippen LogP contribution is -2.41. The van der Waals surface area contributed by atoms with Gasteiger partial charge in [0.2, 0.25) is 0 Å². The van der Waals surface area contributed by atoms with Gasteiger partial charge in [-0.15, -0.1) is 0 Å². The quantitative estimate of drug-likeness (QED) is 0.781. The van der Waals surface area contributed by atoms with Gasteiger partial charge in [0.05, 0.1) is 0 Å². The minimum absolute atomic E-state index is 0.0162. The normalized spacial score (nSPS) is 12.0. The summed E-state index contributed by atoms with van der Waals surface area (Å²) in [6.45, 7) is 5.07. The van der Waals surface area contributed by atoms with Gasteiger partial charge in [-0.25, -0.2) is 0 Å². The second kappa shape index (κ2) is 9.03. The number of rotatable bonds is 8. The predicted octanol–water partition coefficient (Wildman–Crippen LogP) is 2.76. The number of amides is 1. The Hall–Kier alpha value is -2.40. The molecule has 2 aromatic rings. The molecule has 1 atom stereocenters. The number of carbonyl (C=O) groups excluding carboxylic acids is 1. The van der Waals surface area contributed by atoms with Crippen LogP contribution in [0.15, 0.2) is 48.8 Å². The summed E-state index contributed by atoms with van der Waals surface area (Å²) in [4.78, 5) is 16.4. The Morgan fingerprint density at radius 3 is 2.79 bits per heavy atom. The number of nitrogens with zero attached hydrogens (tertiary/aromatic N) is 1. The van der Waals surface area contributed by atoms with E-state index in [2.05, 4.69) is 24.1 Å². The fraction of sp³-hybridized carbons (Fsp3) is 0.368. The van der Waals surface area contributed by atoms with Crippen molar-refractivity contribution in [3.63, 3.8) is 0 Å². The second-order valence-corrected chi connectivity index (χ2v) is 6.21. The van der Waals surface area contributed by atoms with Crippen LogP contribution >= 0.6 is 0 Å². The minimum atomic E-state index is -0.127. The van der Waals surface area contributed by atoms with Gasteiger partial charge in [0.15, 0.2) is 0 Å². The van der Waals surface area contributed by atoms with Crippen LogP contribution in [0.5, 0.6) is 5.75 Å². The molecule has 128 valence electrons. The molecule has 0 fully saturated rings. The van der Waals surface area contributed by atoms with Crippen LogP contribution < -0.4 is 15.8 Å². The maximum atomic E-state index is 12.4. The summed E-state index contributed by atoms with van der Waals surface area (Å²) in [5, 5.41) is 2.99. The van der Waals surface area contributed by atoms with E-state index in [1.807, 2.05) is 24.3 Å². The molecule has 0 bridgehead atoms. The molecule has 0 aliphatic heterocycles. The number of aromatic nitrogens is 1. The highest BCUT2D eigenvalue weighted by Crippen LogP contribution is 2.15. The molecule has 3 N–H and O–H groups in total. The van der Waals surface area contributed by atoms with Crippen LogP contribution in [-0.4, -0.2) is 23.5 Å². The lowest BCUT2D eigenvalue weighted by atomic mass is 10.0. The van der Waals surface area contributed by atoms with E-state index in [9.17, 15) is 4.79 Å². The maximum absolute atomic E-state index is 12.4. The summed E-state index contributed by atoms with van der Waals surface area (Å²) in [6.07, 6.45) is 4.34. The van der Waals surface area contributed by atoms with Crippen LogP contribution in [-0.2, 0) is 6.61 Å². The molecule has 24 heavy (non-hydrogen) atoms. The Kier molecular flexibility index (Phi) is 6.75. The topological polar surface area (TPSA) is 77.2 Å².